The lowest BCUT2D eigenvalue weighted by Crippen LogP contribution is -2.52. The normalized spacial score (nSPS) is 31.2. The highest BCUT2D eigenvalue weighted by atomic mass is 16.5. The Morgan fingerprint density at radius 2 is 1.92 bits per heavy atom. The molecule has 0 aromatic heterocycles. The molecule has 6 heteroatoms. The smallest absolute Gasteiger partial charge is 0.303 e. The molecule has 4 atom stereocenters. The zero-order chi connectivity index (χ0) is 19.3. The van der Waals surface area contributed by atoms with Crippen molar-refractivity contribution < 1.29 is 29.0 Å². The van der Waals surface area contributed by atoms with E-state index in [1.54, 1.807) is 0 Å². The van der Waals surface area contributed by atoms with E-state index in [9.17, 15) is 19.2 Å². The van der Waals surface area contributed by atoms with Gasteiger partial charge in [-0.3, -0.25) is 19.2 Å². The number of Topliss-reactive ketones (excluding diaryl/α,β-unsaturated/α-hetero) is 2. The number of esters is 1. The Hall–Kier alpha value is -1.72. The molecule has 0 aromatic carbocycles. The first-order chi connectivity index (χ1) is 12.2. The molecule has 0 spiro atoms. The van der Waals surface area contributed by atoms with E-state index >= 15 is 0 Å². The van der Waals surface area contributed by atoms with Gasteiger partial charge in [-0.25, -0.2) is 0 Å². The summed E-state index contributed by atoms with van der Waals surface area (Å²) in [6.07, 6.45) is 5.19. The number of ether oxygens (including phenoxy) is 1. The van der Waals surface area contributed by atoms with E-state index < -0.39 is 5.97 Å². The van der Waals surface area contributed by atoms with Gasteiger partial charge in [-0.1, -0.05) is 6.92 Å². The van der Waals surface area contributed by atoms with Crippen molar-refractivity contribution in [3.8, 4) is 0 Å². The Morgan fingerprint density at radius 1 is 1.19 bits per heavy atom. The second-order valence-corrected chi connectivity index (χ2v) is 8.04. The molecule has 26 heavy (non-hydrogen) atoms. The van der Waals surface area contributed by atoms with Crippen LogP contribution in [-0.2, 0) is 23.9 Å². The van der Waals surface area contributed by atoms with Crippen LogP contribution < -0.4 is 0 Å². The molecule has 2 aliphatic carbocycles. The highest BCUT2D eigenvalue weighted by Crippen LogP contribution is 2.53. The molecule has 4 unspecified atom stereocenters. The number of carboxylic acids is 1. The van der Waals surface area contributed by atoms with Gasteiger partial charge in [-0.05, 0) is 44.4 Å². The predicted octanol–water partition coefficient (Wildman–Crippen LogP) is 3.31. The summed E-state index contributed by atoms with van der Waals surface area (Å²) in [5.41, 5.74) is -0.200. The van der Waals surface area contributed by atoms with E-state index in [0.717, 1.165) is 25.7 Å². The molecule has 0 amide bonds. The van der Waals surface area contributed by atoms with Crippen LogP contribution in [0.25, 0.3) is 0 Å². The fourth-order valence-electron chi connectivity index (χ4n) is 4.87. The van der Waals surface area contributed by atoms with Gasteiger partial charge in [0.15, 0.2) is 0 Å². The Bertz CT molecular complexity index is 569. The van der Waals surface area contributed by atoms with E-state index in [1.165, 1.54) is 6.92 Å². The van der Waals surface area contributed by atoms with E-state index in [1.807, 2.05) is 0 Å². The second kappa shape index (κ2) is 8.78. The molecule has 2 fully saturated rings. The summed E-state index contributed by atoms with van der Waals surface area (Å²) in [5, 5.41) is 8.65. The maximum absolute atomic E-state index is 12.5. The molecule has 2 aliphatic rings. The average molecular weight is 366 g/mol. The summed E-state index contributed by atoms with van der Waals surface area (Å²) >= 11 is 0. The van der Waals surface area contributed by atoms with Gasteiger partial charge in [0.1, 0.15) is 17.7 Å². The monoisotopic (exact) mass is 366 g/mol. The maximum Gasteiger partial charge on any atom is 0.303 e. The van der Waals surface area contributed by atoms with E-state index in [2.05, 4.69) is 6.92 Å². The molecule has 1 N–H and O–H groups in total. The van der Waals surface area contributed by atoms with Gasteiger partial charge in [-0.2, -0.15) is 0 Å². The third kappa shape index (κ3) is 4.92. The fourth-order valence-corrected chi connectivity index (χ4v) is 4.87. The number of carboxylic acid groups (broad SMARTS) is 1. The Morgan fingerprint density at radius 3 is 2.58 bits per heavy atom. The lowest BCUT2D eigenvalue weighted by molar-refractivity contribution is -0.169. The Kier molecular flexibility index (Phi) is 6.95. The van der Waals surface area contributed by atoms with Crippen molar-refractivity contribution in [3.05, 3.63) is 0 Å². The summed E-state index contributed by atoms with van der Waals surface area (Å²) in [6, 6.07) is 0. The van der Waals surface area contributed by atoms with Gasteiger partial charge in [0.2, 0.25) is 0 Å². The van der Waals surface area contributed by atoms with Crippen molar-refractivity contribution >= 4 is 23.5 Å². The van der Waals surface area contributed by atoms with Gasteiger partial charge in [0.25, 0.3) is 0 Å². The molecule has 0 radical (unpaired) electrons. The summed E-state index contributed by atoms with van der Waals surface area (Å²) < 4.78 is 5.58. The minimum atomic E-state index is -0.894. The zero-order valence-corrected chi connectivity index (χ0v) is 15.8. The third-order valence-electron chi connectivity index (χ3n) is 6.26. The molecule has 0 saturated heterocycles. The number of carbonyl (C=O) groups is 4. The maximum atomic E-state index is 12.5. The van der Waals surface area contributed by atoms with Crippen LogP contribution in [0.3, 0.4) is 0 Å². The number of aliphatic carboxylic acids is 1. The highest BCUT2D eigenvalue weighted by Gasteiger charge is 2.52. The summed E-state index contributed by atoms with van der Waals surface area (Å²) in [7, 11) is 0. The first kappa shape index (κ1) is 20.6. The SMILES string of the molecule is CC(=O)OC1CCCC2C(CCC(=O)CCCC(=O)O)C(=O)CCC12C. The molecule has 6 nitrogen and oxygen atoms in total. The lowest BCUT2D eigenvalue weighted by atomic mass is 9.54. The van der Waals surface area contributed by atoms with Crippen LogP contribution in [0.1, 0.15) is 78.1 Å². The van der Waals surface area contributed by atoms with Crippen LogP contribution in [0.15, 0.2) is 0 Å². The Labute approximate surface area is 154 Å². The van der Waals surface area contributed by atoms with Crippen molar-refractivity contribution in [2.45, 2.75) is 84.2 Å². The van der Waals surface area contributed by atoms with Gasteiger partial charge in [0, 0.05) is 43.9 Å². The molecule has 0 bridgehead atoms. The lowest BCUT2D eigenvalue weighted by Gasteiger charge is -2.52. The number of ketones is 2. The topological polar surface area (TPSA) is 97.7 Å². The minimum Gasteiger partial charge on any atom is -0.481 e. The van der Waals surface area contributed by atoms with Crippen LogP contribution >= 0.6 is 0 Å². The molecule has 0 heterocycles. The first-order valence-corrected chi connectivity index (χ1v) is 9.67. The number of carbonyl (C=O) groups excluding carboxylic acids is 3. The van der Waals surface area contributed by atoms with Crippen molar-refractivity contribution in [1.82, 2.24) is 0 Å². The fraction of sp³-hybridized carbons (Fsp3) is 0.800. The van der Waals surface area contributed by atoms with Crippen molar-refractivity contribution in [1.29, 1.82) is 0 Å². The molecular formula is C20H30O6. The van der Waals surface area contributed by atoms with Gasteiger partial charge in [0.05, 0.1) is 0 Å². The molecule has 2 rings (SSSR count). The van der Waals surface area contributed by atoms with Crippen LogP contribution in [0, 0.1) is 17.3 Å². The predicted molar refractivity (Wildman–Crippen MR) is 94.5 cm³/mol. The van der Waals surface area contributed by atoms with Crippen molar-refractivity contribution in [2.75, 3.05) is 0 Å². The number of hydrogen-bond donors (Lipinski definition) is 1. The van der Waals surface area contributed by atoms with Crippen molar-refractivity contribution in [2.24, 2.45) is 17.3 Å². The van der Waals surface area contributed by atoms with Crippen molar-refractivity contribution in [3.63, 3.8) is 0 Å². The number of rotatable bonds is 8. The number of fused-ring (bicyclic) bond motifs is 1. The van der Waals surface area contributed by atoms with E-state index in [4.69, 9.17) is 9.84 Å². The van der Waals surface area contributed by atoms with Crippen LogP contribution in [-0.4, -0.2) is 34.7 Å². The second-order valence-electron chi connectivity index (χ2n) is 8.04. The molecular weight excluding hydrogens is 336 g/mol. The summed E-state index contributed by atoms with van der Waals surface area (Å²) in [6.45, 7) is 3.55. The summed E-state index contributed by atoms with van der Waals surface area (Å²) in [5.74, 6) is -0.939. The molecule has 2 saturated carbocycles. The van der Waals surface area contributed by atoms with Gasteiger partial charge < -0.3 is 9.84 Å². The zero-order valence-electron chi connectivity index (χ0n) is 15.8. The first-order valence-electron chi connectivity index (χ1n) is 9.67. The average Bonchev–Trinajstić information content (AvgIpc) is 2.55. The summed E-state index contributed by atoms with van der Waals surface area (Å²) in [4.78, 5) is 46.6. The quantitative estimate of drug-likeness (QED) is 0.662. The molecule has 0 aliphatic heterocycles. The standard InChI is InChI=1S/C20H30O6/c1-13(21)26-18-7-4-6-16-15(17(23)11-12-20(16,18)2)10-9-14(22)5-3-8-19(24)25/h15-16,18H,3-12H2,1-2H3,(H,24,25). The largest absolute Gasteiger partial charge is 0.481 e. The highest BCUT2D eigenvalue weighted by molar-refractivity contribution is 5.84. The van der Waals surface area contributed by atoms with Crippen LogP contribution in [0.5, 0.6) is 0 Å². The number of hydrogen-bond acceptors (Lipinski definition) is 5. The molecule has 146 valence electrons. The molecule has 0 aromatic rings. The third-order valence-corrected chi connectivity index (χ3v) is 6.26. The van der Waals surface area contributed by atoms with Crippen LogP contribution in [0.4, 0.5) is 0 Å². The van der Waals surface area contributed by atoms with Gasteiger partial charge >= 0.3 is 11.9 Å². The van der Waals surface area contributed by atoms with Gasteiger partial charge in [-0.15, -0.1) is 0 Å². The Balaban J connectivity index is 1.98. The van der Waals surface area contributed by atoms with Crippen LogP contribution in [0.2, 0.25) is 0 Å². The van der Waals surface area contributed by atoms with E-state index in [-0.39, 0.29) is 53.7 Å². The van der Waals surface area contributed by atoms with E-state index in [0.29, 0.717) is 25.7 Å². The minimum absolute atomic E-state index is 0.00113.